The molecule has 1 aliphatic heterocycles. The van der Waals surface area contributed by atoms with E-state index in [4.69, 9.17) is 4.74 Å². The smallest absolute Gasteiger partial charge is 0.410 e. The van der Waals surface area contributed by atoms with Crippen LogP contribution in [0.5, 0.6) is 0 Å². The zero-order chi connectivity index (χ0) is 24.1. The summed E-state index contributed by atoms with van der Waals surface area (Å²) in [4.78, 5) is 27.1. The van der Waals surface area contributed by atoms with Gasteiger partial charge in [-0.05, 0) is 61.9 Å². The van der Waals surface area contributed by atoms with E-state index in [9.17, 15) is 9.59 Å². The van der Waals surface area contributed by atoms with Crippen molar-refractivity contribution >= 4 is 12.0 Å². The van der Waals surface area contributed by atoms with E-state index in [-0.39, 0.29) is 5.91 Å². The molecule has 0 bridgehead atoms. The van der Waals surface area contributed by atoms with Crippen LogP contribution in [-0.2, 0) is 22.6 Å². The minimum atomic E-state index is -0.590. The maximum Gasteiger partial charge on any atom is 0.410 e. The van der Waals surface area contributed by atoms with Crippen LogP contribution in [0.3, 0.4) is 0 Å². The molecule has 1 unspecified atom stereocenters. The molecular weight excluding hydrogens is 428 g/mol. The second kappa shape index (κ2) is 10.1. The second-order valence-corrected chi connectivity index (χ2v) is 9.61. The number of hydrogen-bond donors (Lipinski definition) is 1. The van der Waals surface area contributed by atoms with Gasteiger partial charge in [-0.2, -0.15) is 5.10 Å². The zero-order valence-electron chi connectivity index (χ0n) is 20.0. The summed E-state index contributed by atoms with van der Waals surface area (Å²) in [5.74, 6) is -0.146. The fraction of sp³-hybridized carbons (Fsp3) is 0.370. The Labute approximate surface area is 200 Å². The summed E-state index contributed by atoms with van der Waals surface area (Å²) in [7, 11) is 0. The van der Waals surface area contributed by atoms with Crippen LogP contribution in [0.15, 0.2) is 67.0 Å². The number of benzene rings is 2. The monoisotopic (exact) mass is 460 g/mol. The molecule has 1 fully saturated rings. The van der Waals surface area contributed by atoms with E-state index >= 15 is 0 Å². The van der Waals surface area contributed by atoms with Gasteiger partial charge in [-0.25, -0.2) is 4.79 Å². The number of amides is 2. The van der Waals surface area contributed by atoms with Gasteiger partial charge in [0.1, 0.15) is 11.6 Å². The summed E-state index contributed by atoms with van der Waals surface area (Å²) in [5, 5.41) is 7.30. The summed E-state index contributed by atoms with van der Waals surface area (Å²) in [6, 6.07) is 17.9. The molecule has 1 saturated heterocycles. The number of ether oxygens (including phenoxy) is 1. The highest BCUT2D eigenvalue weighted by Crippen LogP contribution is 2.25. The lowest BCUT2D eigenvalue weighted by molar-refractivity contribution is -0.125. The Morgan fingerprint density at radius 1 is 1.09 bits per heavy atom. The van der Waals surface area contributed by atoms with Gasteiger partial charge in [-0.3, -0.25) is 14.4 Å². The molecule has 1 aliphatic rings. The molecule has 178 valence electrons. The normalized spacial score (nSPS) is 15.9. The van der Waals surface area contributed by atoms with Crippen molar-refractivity contribution in [1.29, 1.82) is 0 Å². The first-order valence-electron chi connectivity index (χ1n) is 11.7. The summed E-state index contributed by atoms with van der Waals surface area (Å²) >= 11 is 0. The molecular formula is C27H32N4O3. The first-order chi connectivity index (χ1) is 16.3. The molecule has 0 saturated carbocycles. The molecule has 2 amide bonds. The molecule has 4 rings (SSSR count). The van der Waals surface area contributed by atoms with Crippen LogP contribution in [0.25, 0.3) is 11.1 Å². The predicted molar refractivity (Wildman–Crippen MR) is 131 cm³/mol. The number of rotatable bonds is 6. The van der Waals surface area contributed by atoms with Crippen LogP contribution < -0.4 is 5.32 Å². The third-order valence-electron chi connectivity index (χ3n) is 5.82. The van der Waals surface area contributed by atoms with E-state index in [2.05, 4.69) is 40.7 Å². The number of likely N-dealkylation sites (tertiary alicyclic amines) is 1. The SMILES string of the molecule is CC(C)(C)OC(=O)N1CCCC1C(=O)NCc1ccccc1-c1ccc(Cn2cccn2)cc1. The van der Waals surface area contributed by atoms with Crippen molar-refractivity contribution in [1.82, 2.24) is 20.0 Å². The van der Waals surface area contributed by atoms with Crippen LogP contribution in [0.4, 0.5) is 4.79 Å². The molecule has 34 heavy (non-hydrogen) atoms. The van der Waals surface area contributed by atoms with Crippen LogP contribution >= 0.6 is 0 Å². The molecule has 3 aromatic rings. The highest BCUT2D eigenvalue weighted by atomic mass is 16.6. The Balaban J connectivity index is 1.41. The van der Waals surface area contributed by atoms with Gasteiger partial charge >= 0.3 is 6.09 Å². The Morgan fingerprint density at radius 3 is 2.56 bits per heavy atom. The standard InChI is InChI=1S/C27H32N4O3/c1-27(2,3)34-26(33)31-17-6-10-24(31)25(32)28-18-22-8-4-5-9-23(22)21-13-11-20(12-14-21)19-30-16-7-15-29-30/h4-5,7-9,11-16,24H,6,10,17-19H2,1-3H3,(H,28,32). The molecule has 0 radical (unpaired) electrons. The Kier molecular flexibility index (Phi) is 7.01. The van der Waals surface area contributed by atoms with Crippen molar-refractivity contribution in [3.05, 3.63) is 78.1 Å². The van der Waals surface area contributed by atoms with Gasteiger partial charge < -0.3 is 10.1 Å². The maximum absolute atomic E-state index is 13.0. The highest BCUT2D eigenvalue weighted by Gasteiger charge is 2.36. The minimum absolute atomic E-state index is 0.146. The van der Waals surface area contributed by atoms with Gasteiger partial charge in [0.05, 0.1) is 6.54 Å². The second-order valence-electron chi connectivity index (χ2n) is 9.61. The van der Waals surface area contributed by atoms with Gasteiger partial charge in [0.2, 0.25) is 5.91 Å². The number of hydrogen-bond acceptors (Lipinski definition) is 4. The summed E-state index contributed by atoms with van der Waals surface area (Å²) in [6.45, 7) is 7.14. The summed E-state index contributed by atoms with van der Waals surface area (Å²) in [5.41, 5.74) is 3.77. The Morgan fingerprint density at radius 2 is 1.85 bits per heavy atom. The Hall–Kier alpha value is -3.61. The number of aromatic nitrogens is 2. The topological polar surface area (TPSA) is 76.5 Å². The van der Waals surface area contributed by atoms with Crippen molar-refractivity contribution in [2.24, 2.45) is 0 Å². The lowest BCUT2D eigenvalue weighted by Gasteiger charge is -2.28. The first kappa shape index (κ1) is 23.5. The maximum atomic E-state index is 13.0. The lowest BCUT2D eigenvalue weighted by Crippen LogP contribution is -2.47. The fourth-order valence-electron chi connectivity index (χ4n) is 4.21. The molecule has 0 spiro atoms. The van der Waals surface area contributed by atoms with E-state index < -0.39 is 17.7 Å². The highest BCUT2D eigenvalue weighted by molar-refractivity contribution is 5.86. The van der Waals surface area contributed by atoms with E-state index in [1.165, 1.54) is 5.56 Å². The molecule has 7 heteroatoms. The van der Waals surface area contributed by atoms with Crippen molar-refractivity contribution in [3.8, 4) is 11.1 Å². The van der Waals surface area contributed by atoms with Crippen LogP contribution in [-0.4, -0.2) is 44.9 Å². The van der Waals surface area contributed by atoms with Gasteiger partial charge in [0.25, 0.3) is 0 Å². The molecule has 1 aromatic heterocycles. The van der Waals surface area contributed by atoms with E-state index in [1.807, 2.05) is 55.9 Å². The third-order valence-corrected chi connectivity index (χ3v) is 5.82. The van der Waals surface area contributed by atoms with Gasteiger partial charge in [-0.1, -0.05) is 48.5 Å². The number of nitrogens with one attached hydrogen (secondary N) is 1. The van der Waals surface area contributed by atoms with Crippen LogP contribution in [0.2, 0.25) is 0 Å². The minimum Gasteiger partial charge on any atom is -0.444 e. The summed E-state index contributed by atoms with van der Waals surface area (Å²) < 4.78 is 7.38. The van der Waals surface area contributed by atoms with E-state index in [0.29, 0.717) is 19.5 Å². The van der Waals surface area contributed by atoms with Crippen molar-refractivity contribution in [3.63, 3.8) is 0 Å². The predicted octanol–water partition coefficient (Wildman–Crippen LogP) is 4.61. The zero-order valence-corrected chi connectivity index (χ0v) is 20.0. The molecule has 2 heterocycles. The number of nitrogens with zero attached hydrogens (tertiary/aromatic N) is 3. The molecule has 1 N–H and O–H groups in total. The number of carbonyl (C=O) groups is 2. The average molecular weight is 461 g/mol. The largest absolute Gasteiger partial charge is 0.444 e. The number of carbonyl (C=O) groups excluding carboxylic acids is 2. The van der Waals surface area contributed by atoms with Crippen molar-refractivity contribution in [2.75, 3.05) is 6.54 Å². The summed E-state index contributed by atoms with van der Waals surface area (Å²) in [6.07, 6.45) is 4.72. The first-order valence-corrected chi connectivity index (χ1v) is 11.7. The Bertz CT molecular complexity index is 1120. The van der Waals surface area contributed by atoms with E-state index in [0.717, 1.165) is 29.7 Å². The van der Waals surface area contributed by atoms with Gasteiger partial charge in [-0.15, -0.1) is 0 Å². The molecule has 0 aliphatic carbocycles. The van der Waals surface area contributed by atoms with Crippen LogP contribution in [0.1, 0.15) is 44.7 Å². The van der Waals surface area contributed by atoms with E-state index in [1.54, 1.807) is 11.1 Å². The molecule has 1 atom stereocenters. The third kappa shape index (κ3) is 5.84. The fourth-order valence-corrected chi connectivity index (χ4v) is 4.21. The van der Waals surface area contributed by atoms with Gasteiger partial charge in [0, 0.05) is 25.5 Å². The lowest BCUT2D eigenvalue weighted by atomic mass is 9.98. The molecule has 2 aromatic carbocycles. The van der Waals surface area contributed by atoms with Crippen LogP contribution in [0, 0.1) is 0 Å². The molecule has 7 nitrogen and oxygen atoms in total. The average Bonchev–Trinajstić information content (AvgIpc) is 3.49. The quantitative estimate of drug-likeness (QED) is 0.583. The van der Waals surface area contributed by atoms with Crippen molar-refractivity contribution in [2.45, 2.75) is 58.3 Å². The van der Waals surface area contributed by atoms with Crippen molar-refractivity contribution < 1.29 is 14.3 Å². The van der Waals surface area contributed by atoms with Gasteiger partial charge in [0.15, 0.2) is 0 Å².